The number of nitrogens with zero attached hydrogens (tertiary/aromatic N) is 4. The van der Waals surface area contributed by atoms with Crippen LogP contribution in [0.2, 0.25) is 0 Å². The van der Waals surface area contributed by atoms with Gasteiger partial charge in [-0.3, -0.25) is 0 Å². The Morgan fingerprint density at radius 3 is 2.73 bits per heavy atom. The van der Waals surface area contributed by atoms with Crippen molar-refractivity contribution in [3.8, 4) is 0 Å². The molecule has 2 aromatic carbocycles. The van der Waals surface area contributed by atoms with E-state index in [1.54, 1.807) is 18.3 Å². The summed E-state index contributed by atoms with van der Waals surface area (Å²) in [6.07, 6.45) is 4.20. The molecule has 0 aliphatic carbocycles. The normalized spacial score (nSPS) is 11.7. The first-order valence-electron chi connectivity index (χ1n) is 10.1. The maximum absolute atomic E-state index is 12.9. The lowest BCUT2D eigenvalue weighted by molar-refractivity contribution is 0.140. The van der Waals surface area contributed by atoms with Gasteiger partial charge in [0.15, 0.2) is 5.82 Å². The van der Waals surface area contributed by atoms with Gasteiger partial charge in [0.2, 0.25) is 0 Å². The van der Waals surface area contributed by atoms with Crippen LogP contribution in [0.1, 0.15) is 31.2 Å². The summed E-state index contributed by atoms with van der Waals surface area (Å²) in [5, 5.41) is 5.02. The van der Waals surface area contributed by atoms with Crippen LogP contribution in [-0.4, -0.2) is 27.4 Å². The number of imidazole rings is 1. The van der Waals surface area contributed by atoms with E-state index in [0.717, 1.165) is 59.1 Å². The average Bonchev–Trinajstić information content (AvgIpc) is 3.11. The molecule has 0 saturated heterocycles. The Hall–Kier alpha value is -3.48. The van der Waals surface area contributed by atoms with E-state index in [4.69, 9.17) is 15.6 Å². The topological polar surface area (TPSA) is 78.3 Å². The third kappa shape index (κ3) is 4.10. The van der Waals surface area contributed by atoms with Crippen LogP contribution in [0, 0.1) is 5.82 Å². The van der Waals surface area contributed by atoms with Crippen molar-refractivity contribution in [2.45, 2.75) is 32.7 Å². The van der Waals surface area contributed by atoms with Crippen LogP contribution in [0.3, 0.4) is 0 Å². The van der Waals surface area contributed by atoms with Crippen molar-refractivity contribution < 1.29 is 9.23 Å². The molecule has 0 unspecified atom stereocenters. The maximum Gasteiger partial charge on any atom is 0.152 e. The SMILES string of the molecule is CCCc1nc2c(N)nc3ccccc3c2n1CCCO/N=C/c1ccc(F)cc1. The van der Waals surface area contributed by atoms with Crippen molar-refractivity contribution in [1.82, 2.24) is 14.5 Å². The van der Waals surface area contributed by atoms with Crippen molar-refractivity contribution in [3.63, 3.8) is 0 Å². The molecule has 4 aromatic rings. The first-order valence-corrected chi connectivity index (χ1v) is 10.1. The van der Waals surface area contributed by atoms with Crippen molar-refractivity contribution in [3.05, 3.63) is 65.7 Å². The Morgan fingerprint density at radius 1 is 1.13 bits per heavy atom. The van der Waals surface area contributed by atoms with Crippen molar-refractivity contribution in [1.29, 1.82) is 0 Å². The number of benzene rings is 2. The summed E-state index contributed by atoms with van der Waals surface area (Å²) in [4.78, 5) is 14.7. The number of aryl methyl sites for hydroxylation is 2. The van der Waals surface area contributed by atoms with Crippen LogP contribution < -0.4 is 5.73 Å². The van der Waals surface area contributed by atoms with Gasteiger partial charge in [-0.15, -0.1) is 0 Å². The van der Waals surface area contributed by atoms with Crippen molar-refractivity contribution in [2.75, 3.05) is 12.3 Å². The minimum absolute atomic E-state index is 0.271. The number of rotatable bonds is 8. The number of hydrogen-bond acceptors (Lipinski definition) is 5. The lowest BCUT2D eigenvalue weighted by atomic mass is 10.2. The van der Waals surface area contributed by atoms with Gasteiger partial charge in [0.1, 0.15) is 23.8 Å². The lowest BCUT2D eigenvalue weighted by Crippen LogP contribution is -2.06. The molecule has 30 heavy (non-hydrogen) atoms. The molecule has 0 aliphatic heterocycles. The van der Waals surface area contributed by atoms with Crippen LogP contribution >= 0.6 is 0 Å². The standard InChI is InChI=1S/C23H24FN5O/c1-2-6-20-28-21-22(18-7-3-4-8-19(18)27-23(21)25)29(20)13-5-14-30-26-15-16-9-11-17(24)12-10-16/h3-4,7-12,15H,2,5-6,13-14H2,1H3,(H2,25,27)/b26-15+. The number of nitrogens with two attached hydrogens (primary N) is 1. The number of para-hydroxylation sites is 1. The average molecular weight is 405 g/mol. The molecule has 0 amide bonds. The first-order chi connectivity index (χ1) is 14.7. The first kappa shape index (κ1) is 19.8. The summed E-state index contributed by atoms with van der Waals surface area (Å²) in [5.41, 5.74) is 9.64. The number of fused-ring (bicyclic) bond motifs is 3. The maximum atomic E-state index is 12.9. The number of halogens is 1. The number of anilines is 1. The van der Waals surface area contributed by atoms with Gasteiger partial charge >= 0.3 is 0 Å². The van der Waals surface area contributed by atoms with E-state index in [-0.39, 0.29) is 5.82 Å². The Kier molecular flexibility index (Phi) is 5.88. The Bertz CT molecular complexity index is 1180. The molecule has 7 heteroatoms. The summed E-state index contributed by atoms with van der Waals surface area (Å²) < 4.78 is 15.2. The highest BCUT2D eigenvalue weighted by atomic mass is 19.1. The van der Waals surface area contributed by atoms with E-state index >= 15 is 0 Å². The smallest absolute Gasteiger partial charge is 0.152 e. The zero-order chi connectivity index (χ0) is 20.9. The predicted molar refractivity (Wildman–Crippen MR) is 118 cm³/mol. The highest BCUT2D eigenvalue weighted by molar-refractivity contribution is 6.06. The van der Waals surface area contributed by atoms with Gasteiger partial charge < -0.3 is 15.1 Å². The molecular formula is C23H24FN5O. The minimum atomic E-state index is -0.271. The summed E-state index contributed by atoms with van der Waals surface area (Å²) in [7, 11) is 0. The summed E-state index contributed by atoms with van der Waals surface area (Å²) in [6.45, 7) is 3.34. The van der Waals surface area contributed by atoms with Crippen LogP contribution in [-0.2, 0) is 17.8 Å². The molecule has 0 radical (unpaired) electrons. The fourth-order valence-corrected chi connectivity index (χ4v) is 3.55. The number of aromatic nitrogens is 3. The number of oxime groups is 1. The van der Waals surface area contributed by atoms with Gasteiger partial charge in [0.05, 0.1) is 17.2 Å². The summed E-state index contributed by atoms with van der Waals surface area (Å²) in [5.74, 6) is 1.19. The van der Waals surface area contributed by atoms with Crippen LogP contribution in [0.4, 0.5) is 10.2 Å². The fraction of sp³-hybridized carbons (Fsp3) is 0.261. The van der Waals surface area contributed by atoms with E-state index in [1.165, 1.54) is 12.1 Å². The molecule has 4 rings (SSSR count). The number of hydrogen-bond donors (Lipinski definition) is 1. The molecule has 2 N–H and O–H groups in total. The van der Waals surface area contributed by atoms with Gasteiger partial charge in [-0.2, -0.15) is 0 Å². The lowest BCUT2D eigenvalue weighted by Gasteiger charge is -2.10. The second-order valence-corrected chi connectivity index (χ2v) is 7.11. The van der Waals surface area contributed by atoms with Gasteiger partial charge in [-0.25, -0.2) is 14.4 Å². The predicted octanol–water partition coefficient (Wildman–Crippen LogP) is 4.70. The molecular weight excluding hydrogens is 381 g/mol. The van der Waals surface area contributed by atoms with Crippen LogP contribution in [0.15, 0.2) is 53.7 Å². The molecule has 2 aromatic heterocycles. The van der Waals surface area contributed by atoms with E-state index in [9.17, 15) is 4.39 Å². The highest BCUT2D eigenvalue weighted by Crippen LogP contribution is 2.29. The minimum Gasteiger partial charge on any atom is -0.396 e. The molecule has 2 heterocycles. The Morgan fingerprint density at radius 2 is 1.93 bits per heavy atom. The second kappa shape index (κ2) is 8.90. The summed E-state index contributed by atoms with van der Waals surface area (Å²) in [6, 6.07) is 14.1. The highest BCUT2D eigenvalue weighted by Gasteiger charge is 2.16. The second-order valence-electron chi connectivity index (χ2n) is 7.11. The van der Waals surface area contributed by atoms with Gasteiger partial charge in [-0.1, -0.05) is 42.4 Å². The molecule has 154 valence electrons. The molecule has 0 bridgehead atoms. The molecule has 0 saturated carbocycles. The molecule has 0 atom stereocenters. The van der Waals surface area contributed by atoms with Crippen molar-refractivity contribution >= 4 is 34.0 Å². The molecule has 0 fully saturated rings. The molecule has 0 aliphatic rings. The third-order valence-corrected chi connectivity index (χ3v) is 4.93. The van der Waals surface area contributed by atoms with Gasteiger partial charge in [-0.05, 0) is 30.2 Å². The van der Waals surface area contributed by atoms with Crippen molar-refractivity contribution in [2.24, 2.45) is 5.16 Å². The van der Waals surface area contributed by atoms with E-state index in [1.807, 2.05) is 18.2 Å². The van der Waals surface area contributed by atoms with Crippen LogP contribution in [0.25, 0.3) is 21.9 Å². The van der Waals surface area contributed by atoms with E-state index < -0.39 is 0 Å². The largest absolute Gasteiger partial charge is 0.396 e. The van der Waals surface area contributed by atoms with Gasteiger partial charge in [0.25, 0.3) is 0 Å². The fourth-order valence-electron chi connectivity index (χ4n) is 3.55. The monoisotopic (exact) mass is 405 g/mol. The number of pyridine rings is 1. The Balaban J connectivity index is 1.51. The quantitative estimate of drug-likeness (QED) is 0.262. The third-order valence-electron chi connectivity index (χ3n) is 4.93. The number of nitrogen functional groups attached to an aromatic ring is 1. The van der Waals surface area contributed by atoms with E-state index in [2.05, 4.69) is 27.7 Å². The van der Waals surface area contributed by atoms with E-state index in [0.29, 0.717) is 12.4 Å². The zero-order valence-electron chi connectivity index (χ0n) is 16.9. The molecule has 0 spiro atoms. The van der Waals surface area contributed by atoms with Crippen LogP contribution in [0.5, 0.6) is 0 Å². The summed E-state index contributed by atoms with van der Waals surface area (Å²) >= 11 is 0. The molecule has 6 nitrogen and oxygen atoms in total. The Labute approximate surface area is 174 Å². The van der Waals surface area contributed by atoms with Gasteiger partial charge in [0, 0.05) is 24.8 Å². The zero-order valence-corrected chi connectivity index (χ0v) is 16.9.